The molecule has 2 aromatic carbocycles. The van der Waals surface area contributed by atoms with Gasteiger partial charge in [0.1, 0.15) is 18.2 Å². The number of carbonyl (C=O) groups excluding carboxylic acids is 3. The maximum Gasteiger partial charge on any atom is 0.410 e. The topological polar surface area (TPSA) is 111 Å². The molecule has 2 aromatic rings. The number of nitrogens with one attached hydrogen (secondary N) is 2. The Morgan fingerprint density at radius 2 is 1.85 bits per heavy atom. The molecule has 0 saturated carbocycles. The second kappa shape index (κ2) is 14.4. The molecule has 2 aliphatic rings. The maximum atomic E-state index is 14.0. The number of ether oxygens (including phenoxy) is 1. The van der Waals surface area contributed by atoms with E-state index >= 15 is 0 Å². The summed E-state index contributed by atoms with van der Waals surface area (Å²) in [7, 11) is 0. The van der Waals surface area contributed by atoms with Gasteiger partial charge in [-0.3, -0.25) is 9.59 Å². The van der Waals surface area contributed by atoms with Crippen LogP contribution in [0.25, 0.3) is 0 Å². The number of hydrogen-bond donors (Lipinski definition) is 3. The Labute approximate surface area is 238 Å². The van der Waals surface area contributed by atoms with Crippen molar-refractivity contribution in [3.63, 3.8) is 0 Å². The van der Waals surface area contributed by atoms with E-state index in [-0.39, 0.29) is 44.0 Å². The van der Waals surface area contributed by atoms with Crippen molar-refractivity contribution in [2.75, 3.05) is 32.7 Å². The number of rotatable bonds is 11. The molecule has 0 aliphatic carbocycles. The fourth-order valence-corrected chi connectivity index (χ4v) is 5.32. The lowest BCUT2D eigenvalue weighted by atomic mass is 9.94. The summed E-state index contributed by atoms with van der Waals surface area (Å²) in [5, 5.41) is 17.5. The predicted octanol–water partition coefficient (Wildman–Crippen LogP) is 2.61. The van der Waals surface area contributed by atoms with Gasteiger partial charge < -0.3 is 30.3 Å². The summed E-state index contributed by atoms with van der Waals surface area (Å²) < 4.78 is 33.4. The van der Waals surface area contributed by atoms with Gasteiger partial charge in [0.25, 0.3) is 0 Å². The lowest BCUT2D eigenvalue weighted by Crippen LogP contribution is -2.62. The number of nitrogens with zero attached hydrogens (tertiary/aromatic N) is 2. The van der Waals surface area contributed by atoms with Gasteiger partial charge in [-0.2, -0.15) is 0 Å². The average Bonchev–Trinajstić information content (AvgIpc) is 3.34. The van der Waals surface area contributed by atoms with Crippen molar-refractivity contribution < 1.29 is 33.0 Å². The molecule has 41 heavy (non-hydrogen) atoms. The number of hydrogen-bond acceptors (Lipinski definition) is 6. The van der Waals surface area contributed by atoms with Gasteiger partial charge >= 0.3 is 6.09 Å². The minimum Gasteiger partial charge on any atom is -0.445 e. The quantitative estimate of drug-likeness (QED) is 0.382. The van der Waals surface area contributed by atoms with Crippen LogP contribution < -0.4 is 10.6 Å². The smallest absolute Gasteiger partial charge is 0.410 e. The molecule has 2 aliphatic heterocycles. The standard InChI is InChI=1S/C30H38F2N4O5/c1-2-3-10-35-17-22(15-27(35)37)29(39)34-25(14-21-12-23(31)16-24(32)13-21)28(38)26-18-36(11-9-33-26)30(40)41-19-20-7-5-4-6-8-20/h4-8,12-13,16,22,25-26,28,33,38H,2-3,9-11,14-15,17-19H2,1H3,(H,34,39)/t22?,25?,26-,28+/m1/s1. The van der Waals surface area contributed by atoms with E-state index in [2.05, 4.69) is 10.6 Å². The van der Waals surface area contributed by atoms with E-state index in [1.165, 1.54) is 4.90 Å². The molecule has 0 radical (unpaired) electrons. The largest absolute Gasteiger partial charge is 0.445 e. The van der Waals surface area contributed by atoms with Crippen LogP contribution in [0.15, 0.2) is 48.5 Å². The summed E-state index contributed by atoms with van der Waals surface area (Å²) in [6.45, 7) is 3.83. The monoisotopic (exact) mass is 572 g/mol. The summed E-state index contributed by atoms with van der Waals surface area (Å²) in [5.74, 6) is -2.64. The molecule has 4 atom stereocenters. The zero-order valence-corrected chi connectivity index (χ0v) is 23.2. The van der Waals surface area contributed by atoms with Crippen LogP contribution in [0, 0.1) is 17.6 Å². The molecule has 222 valence electrons. The number of aliphatic hydroxyl groups excluding tert-OH is 1. The third kappa shape index (κ3) is 8.46. The molecule has 0 spiro atoms. The van der Waals surface area contributed by atoms with Gasteiger partial charge in [0.2, 0.25) is 11.8 Å². The first kappa shape index (κ1) is 30.4. The van der Waals surface area contributed by atoms with E-state index in [4.69, 9.17) is 4.74 Å². The van der Waals surface area contributed by atoms with E-state index in [0.717, 1.165) is 36.6 Å². The van der Waals surface area contributed by atoms with Gasteiger partial charge in [-0.1, -0.05) is 43.7 Å². The Hall–Kier alpha value is -3.57. The lowest BCUT2D eigenvalue weighted by molar-refractivity contribution is -0.129. The Kier molecular flexibility index (Phi) is 10.6. The van der Waals surface area contributed by atoms with Crippen molar-refractivity contribution in [3.05, 3.63) is 71.3 Å². The molecular formula is C30H38F2N4O5. The first-order valence-electron chi connectivity index (χ1n) is 14.1. The number of aliphatic hydroxyl groups is 1. The molecule has 2 saturated heterocycles. The lowest BCUT2D eigenvalue weighted by Gasteiger charge is -2.38. The van der Waals surface area contributed by atoms with Gasteiger partial charge in [0, 0.05) is 45.2 Å². The van der Waals surface area contributed by atoms with Crippen LogP contribution in [0.5, 0.6) is 0 Å². The van der Waals surface area contributed by atoms with Crippen LogP contribution in [0.1, 0.15) is 37.3 Å². The fraction of sp³-hybridized carbons (Fsp3) is 0.500. The van der Waals surface area contributed by atoms with Gasteiger partial charge in [-0.05, 0) is 36.1 Å². The summed E-state index contributed by atoms with van der Waals surface area (Å²) >= 11 is 0. The van der Waals surface area contributed by atoms with Crippen molar-refractivity contribution in [2.24, 2.45) is 5.92 Å². The third-order valence-electron chi connectivity index (χ3n) is 7.57. The summed E-state index contributed by atoms with van der Waals surface area (Å²) in [6, 6.07) is 10.7. The van der Waals surface area contributed by atoms with Crippen LogP contribution in [0.4, 0.5) is 13.6 Å². The highest BCUT2D eigenvalue weighted by molar-refractivity contribution is 5.89. The number of piperazine rings is 1. The van der Waals surface area contributed by atoms with Crippen LogP contribution in [-0.4, -0.2) is 83.7 Å². The molecule has 2 unspecified atom stereocenters. The van der Waals surface area contributed by atoms with Crippen LogP contribution in [-0.2, 0) is 27.4 Å². The maximum absolute atomic E-state index is 14.0. The second-order valence-electron chi connectivity index (χ2n) is 10.7. The molecule has 3 amide bonds. The highest BCUT2D eigenvalue weighted by Crippen LogP contribution is 2.21. The third-order valence-corrected chi connectivity index (χ3v) is 7.57. The number of unbranched alkanes of at least 4 members (excludes halogenated alkanes) is 1. The molecule has 3 N–H and O–H groups in total. The van der Waals surface area contributed by atoms with Crippen molar-refractivity contribution >= 4 is 17.9 Å². The Morgan fingerprint density at radius 3 is 2.56 bits per heavy atom. The number of amides is 3. The van der Waals surface area contributed by atoms with Gasteiger partial charge in [0.15, 0.2) is 0 Å². The molecule has 0 bridgehead atoms. The van der Waals surface area contributed by atoms with Crippen LogP contribution >= 0.6 is 0 Å². The average molecular weight is 573 g/mol. The van der Waals surface area contributed by atoms with Gasteiger partial charge in [-0.25, -0.2) is 13.6 Å². The zero-order valence-electron chi connectivity index (χ0n) is 23.2. The molecule has 9 nitrogen and oxygen atoms in total. The van der Waals surface area contributed by atoms with Crippen molar-refractivity contribution in [2.45, 2.75) is 57.4 Å². The second-order valence-corrected chi connectivity index (χ2v) is 10.7. The Bertz CT molecular complexity index is 1180. The Morgan fingerprint density at radius 1 is 1.12 bits per heavy atom. The van der Waals surface area contributed by atoms with E-state index in [1.54, 1.807) is 4.90 Å². The predicted molar refractivity (Wildman–Crippen MR) is 148 cm³/mol. The summed E-state index contributed by atoms with van der Waals surface area (Å²) in [5.41, 5.74) is 1.10. The number of benzene rings is 2. The first-order valence-corrected chi connectivity index (χ1v) is 14.1. The van der Waals surface area contributed by atoms with Gasteiger partial charge in [-0.15, -0.1) is 0 Å². The molecular weight excluding hydrogens is 534 g/mol. The zero-order chi connectivity index (χ0) is 29.4. The molecule has 11 heteroatoms. The Balaban J connectivity index is 1.44. The fourth-order valence-electron chi connectivity index (χ4n) is 5.32. The van der Waals surface area contributed by atoms with Gasteiger partial charge in [0.05, 0.1) is 24.1 Å². The number of carbonyl (C=O) groups is 3. The molecule has 2 fully saturated rings. The van der Waals surface area contributed by atoms with E-state index in [0.29, 0.717) is 19.6 Å². The summed E-state index contributed by atoms with van der Waals surface area (Å²) in [4.78, 5) is 41.6. The van der Waals surface area contributed by atoms with Crippen LogP contribution in [0.3, 0.4) is 0 Å². The number of halogens is 2. The SMILES string of the molecule is CCCCN1CC(C(=O)NC(Cc2cc(F)cc(F)c2)[C@H](O)[C@H]2CN(C(=O)OCc3ccccc3)CCN2)CC1=O. The summed E-state index contributed by atoms with van der Waals surface area (Å²) in [6.07, 6.45) is 0.0167. The minimum absolute atomic E-state index is 0.0571. The van der Waals surface area contributed by atoms with Crippen molar-refractivity contribution in [3.8, 4) is 0 Å². The number of likely N-dealkylation sites (tertiary alicyclic amines) is 1. The molecule has 0 aromatic heterocycles. The van der Waals surface area contributed by atoms with Crippen molar-refractivity contribution in [1.82, 2.24) is 20.4 Å². The highest BCUT2D eigenvalue weighted by Gasteiger charge is 2.38. The van der Waals surface area contributed by atoms with Crippen LogP contribution in [0.2, 0.25) is 0 Å². The van der Waals surface area contributed by atoms with E-state index < -0.39 is 47.7 Å². The van der Waals surface area contributed by atoms with Crippen molar-refractivity contribution in [1.29, 1.82) is 0 Å². The van der Waals surface area contributed by atoms with E-state index in [9.17, 15) is 28.3 Å². The first-order chi connectivity index (χ1) is 19.7. The molecule has 4 rings (SSSR count). The van der Waals surface area contributed by atoms with E-state index in [1.807, 2.05) is 37.3 Å². The minimum atomic E-state index is -1.22. The molecule has 2 heterocycles. The highest BCUT2D eigenvalue weighted by atomic mass is 19.1. The normalized spacial score (nSPS) is 20.5.